The van der Waals surface area contributed by atoms with Crippen molar-refractivity contribution in [1.82, 2.24) is 19.8 Å². The number of aromatic nitrogens is 2. The quantitative estimate of drug-likeness (QED) is 0.604. The van der Waals surface area contributed by atoms with E-state index in [1.54, 1.807) is 0 Å². The molecule has 6 rings (SSSR count). The SMILES string of the molecule is CC=O.CN1CCN(C2CN(c3cnc4ccc(-c5ccc6c(c5)N=C(N)C6)cc4n3)C2)CC1. The molecule has 0 aliphatic carbocycles. The number of carbonyl (C=O) groups excluding carboxylic acids is 1. The Labute approximate surface area is 200 Å². The standard InChI is InChI=1S/C24H27N7.C2H4O/c1-29-6-8-30(9-7-29)19-14-31(15-19)24-13-26-20-5-4-17(11-22(20)28-24)16-2-3-18-12-23(25)27-21(18)10-16;1-2-3/h2-5,10-11,13,19H,6-9,12,14-15H2,1H3,(H2,25,27);2H,1H3. The Kier molecular flexibility index (Phi) is 6.26. The molecule has 3 aromatic rings. The molecule has 2 fully saturated rings. The second-order valence-corrected chi connectivity index (χ2v) is 9.19. The molecule has 8 heteroatoms. The van der Waals surface area contributed by atoms with Crippen molar-refractivity contribution in [2.24, 2.45) is 10.7 Å². The lowest BCUT2D eigenvalue weighted by atomic mass is 10.0. The number of carbonyl (C=O) groups is 1. The number of fused-ring (bicyclic) bond motifs is 2. The Hall–Kier alpha value is -3.36. The summed E-state index contributed by atoms with van der Waals surface area (Å²) in [5.41, 5.74) is 12.2. The summed E-state index contributed by atoms with van der Waals surface area (Å²) < 4.78 is 0. The molecule has 0 amide bonds. The smallest absolute Gasteiger partial charge is 0.147 e. The fourth-order valence-corrected chi connectivity index (χ4v) is 4.78. The molecule has 0 atom stereocenters. The maximum absolute atomic E-state index is 8.81. The summed E-state index contributed by atoms with van der Waals surface area (Å²) in [5.74, 6) is 1.66. The number of nitrogens with two attached hydrogens (primary N) is 1. The molecule has 3 aliphatic heterocycles. The van der Waals surface area contributed by atoms with Crippen LogP contribution < -0.4 is 10.6 Å². The largest absolute Gasteiger partial charge is 0.387 e. The third-order valence-electron chi connectivity index (χ3n) is 6.82. The monoisotopic (exact) mass is 457 g/mol. The van der Waals surface area contributed by atoms with Crippen LogP contribution in [0, 0.1) is 0 Å². The minimum atomic E-state index is 0.636. The van der Waals surface area contributed by atoms with Crippen LogP contribution in [0.5, 0.6) is 0 Å². The number of rotatable bonds is 3. The van der Waals surface area contributed by atoms with Crippen molar-refractivity contribution in [3.05, 3.63) is 48.2 Å². The summed E-state index contributed by atoms with van der Waals surface area (Å²) in [6.45, 7) is 8.17. The number of anilines is 1. The average Bonchev–Trinajstić information content (AvgIpc) is 3.18. The third kappa shape index (κ3) is 4.51. The van der Waals surface area contributed by atoms with Gasteiger partial charge in [-0.25, -0.2) is 9.98 Å². The Morgan fingerprint density at radius 1 is 1.00 bits per heavy atom. The number of benzene rings is 2. The van der Waals surface area contributed by atoms with Crippen LogP contribution in [-0.4, -0.2) is 84.2 Å². The molecule has 0 spiro atoms. The van der Waals surface area contributed by atoms with E-state index in [9.17, 15) is 0 Å². The second kappa shape index (κ2) is 9.48. The lowest BCUT2D eigenvalue weighted by Gasteiger charge is -2.48. The minimum Gasteiger partial charge on any atom is -0.387 e. The van der Waals surface area contributed by atoms with Gasteiger partial charge < -0.3 is 20.3 Å². The lowest BCUT2D eigenvalue weighted by molar-refractivity contribution is -0.106. The zero-order valence-electron chi connectivity index (χ0n) is 19.8. The highest BCUT2D eigenvalue weighted by Gasteiger charge is 2.34. The molecule has 176 valence electrons. The molecule has 0 bridgehead atoms. The Bertz CT molecular complexity index is 1230. The van der Waals surface area contributed by atoms with Gasteiger partial charge in [0, 0.05) is 51.7 Å². The first-order valence-corrected chi connectivity index (χ1v) is 11.8. The Morgan fingerprint density at radius 3 is 2.47 bits per heavy atom. The highest BCUT2D eigenvalue weighted by molar-refractivity contribution is 5.92. The molecule has 1 aromatic heterocycles. The topological polar surface area (TPSA) is 91.0 Å². The number of likely N-dealkylation sites (N-methyl/N-ethyl adjacent to an activating group) is 1. The normalized spacial score (nSPS) is 18.6. The van der Waals surface area contributed by atoms with Gasteiger partial charge in [-0.2, -0.15) is 0 Å². The molecule has 2 N–H and O–H groups in total. The van der Waals surface area contributed by atoms with Crippen LogP contribution in [0.4, 0.5) is 11.5 Å². The number of aldehydes is 1. The first-order chi connectivity index (χ1) is 16.5. The Balaban J connectivity index is 0.000000764. The first-order valence-electron chi connectivity index (χ1n) is 11.8. The van der Waals surface area contributed by atoms with Crippen molar-refractivity contribution in [2.45, 2.75) is 19.4 Å². The van der Waals surface area contributed by atoms with Crippen LogP contribution in [-0.2, 0) is 11.2 Å². The van der Waals surface area contributed by atoms with Crippen molar-refractivity contribution < 1.29 is 4.79 Å². The van der Waals surface area contributed by atoms with E-state index < -0.39 is 0 Å². The van der Waals surface area contributed by atoms with Crippen molar-refractivity contribution in [3.63, 3.8) is 0 Å². The highest BCUT2D eigenvalue weighted by Crippen LogP contribution is 2.32. The average molecular weight is 458 g/mol. The van der Waals surface area contributed by atoms with Crippen LogP contribution in [0.1, 0.15) is 12.5 Å². The van der Waals surface area contributed by atoms with Gasteiger partial charge in [0.15, 0.2) is 0 Å². The van der Waals surface area contributed by atoms with E-state index in [4.69, 9.17) is 15.5 Å². The highest BCUT2D eigenvalue weighted by atomic mass is 16.1. The summed E-state index contributed by atoms with van der Waals surface area (Å²) >= 11 is 0. The van der Waals surface area contributed by atoms with E-state index in [1.807, 2.05) is 6.20 Å². The van der Waals surface area contributed by atoms with Crippen molar-refractivity contribution in [3.8, 4) is 11.1 Å². The Morgan fingerprint density at radius 2 is 1.71 bits per heavy atom. The van der Waals surface area contributed by atoms with Crippen molar-refractivity contribution >= 4 is 34.7 Å². The number of hydrogen-bond acceptors (Lipinski definition) is 8. The number of nitrogens with zero attached hydrogens (tertiary/aromatic N) is 6. The summed E-state index contributed by atoms with van der Waals surface area (Å²) in [6.07, 6.45) is 3.40. The summed E-state index contributed by atoms with van der Waals surface area (Å²) in [6, 6.07) is 13.3. The molecule has 0 unspecified atom stereocenters. The minimum absolute atomic E-state index is 0.636. The zero-order chi connectivity index (χ0) is 23.7. The molecule has 0 saturated carbocycles. The fourth-order valence-electron chi connectivity index (χ4n) is 4.78. The van der Waals surface area contributed by atoms with Crippen LogP contribution in [0.2, 0.25) is 0 Å². The predicted octanol–water partition coefficient (Wildman–Crippen LogP) is 2.48. The fraction of sp³-hybridized carbons (Fsp3) is 0.385. The maximum atomic E-state index is 8.81. The van der Waals surface area contributed by atoms with Gasteiger partial charge in [0.1, 0.15) is 17.9 Å². The zero-order valence-corrected chi connectivity index (χ0v) is 19.8. The molecule has 4 heterocycles. The van der Waals surface area contributed by atoms with E-state index in [2.05, 4.69) is 68.1 Å². The molecule has 0 radical (unpaired) electrons. The van der Waals surface area contributed by atoms with Crippen LogP contribution >= 0.6 is 0 Å². The van der Waals surface area contributed by atoms with E-state index in [0.29, 0.717) is 11.9 Å². The molecule has 2 aromatic carbocycles. The summed E-state index contributed by atoms with van der Waals surface area (Å²) in [7, 11) is 2.20. The molecule has 3 aliphatic rings. The van der Waals surface area contributed by atoms with Crippen LogP contribution in [0.15, 0.2) is 47.6 Å². The number of piperazine rings is 1. The predicted molar refractivity (Wildman–Crippen MR) is 137 cm³/mol. The van der Waals surface area contributed by atoms with Gasteiger partial charge in [0.2, 0.25) is 0 Å². The number of hydrogen-bond donors (Lipinski definition) is 1. The van der Waals surface area contributed by atoms with E-state index in [-0.39, 0.29) is 0 Å². The molecule has 2 saturated heterocycles. The van der Waals surface area contributed by atoms with Crippen molar-refractivity contribution in [2.75, 3.05) is 51.2 Å². The van der Waals surface area contributed by atoms with Gasteiger partial charge >= 0.3 is 0 Å². The maximum Gasteiger partial charge on any atom is 0.147 e. The van der Waals surface area contributed by atoms with Gasteiger partial charge in [-0.05, 0) is 48.9 Å². The number of amidine groups is 1. The molecule has 8 nitrogen and oxygen atoms in total. The van der Waals surface area contributed by atoms with Gasteiger partial charge in [0.05, 0.1) is 22.9 Å². The second-order valence-electron chi connectivity index (χ2n) is 9.19. The van der Waals surface area contributed by atoms with E-state index in [1.165, 1.54) is 12.5 Å². The molecular weight excluding hydrogens is 426 g/mol. The van der Waals surface area contributed by atoms with Crippen LogP contribution in [0.3, 0.4) is 0 Å². The number of aliphatic imine (C=N–C) groups is 1. The van der Waals surface area contributed by atoms with Gasteiger partial charge in [-0.3, -0.25) is 9.88 Å². The van der Waals surface area contributed by atoms with E-state index in [0.717, 1.165) is 85.6 Å². The van der Waals surface area contributed by atoms with Crippen LogP contribution in [0.25, 0.3) is 22.2 Å². The van der Waals surface area contributed by atoms with Gasteiger partial charge in [-0.15, -0.1) is 0 Å². The molecular formula is C26H31N7O. The summed E-state index contributed by atoms with van der Waals surface area (Å²) in [5, 5.41) is 0. The first kappa shape index (κ1) is 22.4. The lowest BCUT2D eigenvalue weighted by Crippen LogP contribution is -2.63. The van der Waals surface area contributed by atoms with E-state index >= 15 is 0 Å². The van der Waals surface area contributed by atoms with Gasteiger partial charge in [-0.1, -0.05) is 18.2 Å². The van der Waals surface area contributed by atoms with Gasteiger partial charge in [0.25, 0.3) is 0 Å². The molecule has 34 heavy (non-hydrogen) atoms. The third-order valence-corrected chi connectivity index (χ3v) is 6.82. The summed E-state index contributed by atoms with van der Waals surface area (Å²) in [4.78, 5) is 30.2. The van der Waals surface area contributed by atoms with Crippen molar-refractivity contribution in [1.29, 1.82) is 0 Å².